The summed E-state index contributed by atoms with van der Waals surface area (Å²) in [6.07, 6.45) is 39.2. The Bertz CT molecular complexity index is 817. The zero-order valence-electron chi connectivity index (χ0n) is 40.6. The molecule has 0 aromatic rings. The summed E-state index contributed by atoms with van der Waals surface area (Å²) in [6, 6.07) is 0. The highest BCUT2D eigenvalue weighted by Crippen LogP contribution is 2.14. The van der Waals surface area contributed by atoms with Crippen molar-refractivity contribution in [3.63, 3.8) is 0 Å². The Balaban J connectivity index is -0.000000232. The molecule has 0 amide bonds. The lowest BCUT2D eigenvalue weighted by Crippen LogP contribution is -2.37. The molecule has 392 valence electrons. The largest absolute Gasteiger partial charge is 0.481 e. The zero-order chi connectivity index (χ0) is 49.9. The lowest BCUT2D eigenvalue weighted by Gasteiger charge is -2.23. The number of hydrogen-bond acceptors (Lipinski definition) is 12. The first-order chi connectivity index (χ1) is 31.3. The van der Waals surface area contributed by atoms with Crippen LogP contribution in [0.5, 0.6) is 0 Å². The third-order valence-corrected chi connectivity index (χ3v) is 11.8. The fourth-order valence-electron chi connectivity index (χ4n) is 6.09. The van der Waals surface area contributed by atoms with Gasteiger partial charge in [-0.2, -0.15) is 50.5 Å². The average molecular weight is 1010 g/mol. The van der Waals surface area contributed by atoms with E-state index in [2.05, 4.69) is 50.5 Å². The molecule has 0 aromatic heterocycles. The van der Waals surface area contributed by atoms with Crippen molar-refractivity contribution >= 4 is 74.4 Å². The van der Waals surface area contributed by atoms with E-state index < -0.39 is 55.7 Å². The van der Waals surface area contributed by atoms with E-state index in [0.717, 1.165) is 74.4 Å². The highest BCUT2D eigenvalue weighted by atomic mass is 32.1. The standard InChI is InChI=1S/4C11H22O2S.C5H12O4/c4*12-11(13)9-7-5-3-1-2-4-6-8-10-14;6-1-5(2-7,3-8)4-9/h4*14H,1-10H2,(H,12,13);6-9H,1-4H2. The molecule has 16 heteroatoms. The van der Waals surface area contributed by atoms with Gasteiger partial charge in [-0.25, -0.2) is 0 Å². The Labute approximate surface area is 418 Å². The van der Waals surface area contributed by atoms with Gasteiger partial charge in [0.1, 0.15) is 0 Å². The van der Waals surface area contributed by atoms with E-state index in [1.54, 1.807) is 0 Å². The molecule has 0 bridgehead atoms. The van der Waals surface area contributed by atoms with Gasteiger partial charge in [-0.15, -0.1) is 0 Å². The first-order valence-corrected chi connectivity index (χ1v) is 27.6. The van der Waals surface area contributed by atoms with Crippen molar-refractivity contribution < 1.29 is 60.0 Å². The lowest BCUT2D eigenvalue weighted by molar-refractivity contribution is -0.138. The van der Waals surface area contributed by atoms with E-state index in [9.17, 15) is 19.2 Å². The molecule has 0 aliphatic rings. The summed E-state index contributed by atoms with van der Waals surface area (Å²) in [6.45, 7) is -1.62. The second-order valence-corrected chi connectivity index (χ2v) is 18.7. The molecule has 0 rings (SSSR count). The Kier molecular flexibility index (Phi) is 73.3. The van der Waals surface area contributed by atoms with Crippen LogP contribution >= 0.6 is 50.5 Å². The summed E-state index contributed by atoms with van der Waals surface area (Å²) >= 11 is 16.6. The van der Waals surface area contributed by atoms with Gasteiger partial charge in [0.15, 0.2) is 0 Å². The van der Waals surface area contributed by atoms with Crippen LogP contribution in [0.2, 0.25) is 0 Å². The van der Waals surface area contributed by atoms with Gasteiger partial charge in [0.2, 0.25) is 0 Å². The van der Waals surface area contributed by atoms with Gasteiger partial charge in [0.25, 0.3) is 0 Å². The Morgan fingerprint density at radius 1 is 0.246 bits per heavy atom. The molecule has 0 fully saturated rings. The molecule has 0 saturated carbocycles. The molecule has 0 aliphatic heterocycles. The SMILES string of the molecule is O=C(O)CCCCCCCCCCS.O=C(O)CCCCCCCCCCS.O=C(O)CCCCCCCCCCS.O=C(O)CCCCCCCCCCS.OCC(CO)(CO)CO. The molecule has 0 aliphatic carbocycles. The highest BCUT2D eigenvalue weighted by Gasteiger charge is 2.26. The monoisotopic (exact) mass is 1010 g/mol. The van der Waals surface area contributed by atoms with Crippen molar-refractivity contribution in [1.82, 2.24) is 0 Å². The fraction of sp³-hybridized carbons (Fsp3) is 0.918. The van der Waals surface area contributed by atoms with Gasteiger partial charge < -0.3 is 40.9 Å². The van der Waals surface area contributed by atoms with Crippen LogP contribution in [0.1, 0.15) is 231 Å². The van der Waals surface area contributed by atoms with Gasteiger partial charge >= 0.3 is 23.9 Å². The number of carboxylic acid groups (broad SMARTS) is 4. The minimum absolute atomic E-state index is 0.333. The summed E-state index contributed by atoms with van der Waals surface area (Å²) in [5.41, 5.74) is -1.11. The topological polar surface area (TPSA) is 230 Å². The van der Waals surface area contributed by atoms with Crippen LogP contribution < -0.4 is 0 Å². The minimum atomic E-state index is -1.11. The summed E-state index contributed by atoms with van der Waals surface area (Å²) < 4.78 is 0. The normalized spacial score (nSPS) is 10.6. The summed E-state index contributed by atoms with van der Waals surface area (Å²) in [4.78, 5) is 40.8. The maximum absolute atomic E-state index is 10.2. The van der Waals surface area contributed by atoms with E-state index in [4.69, 9.17) is 40.9 Å². The number of hydrogen-bond donors (Lipinski definition) is 12. The number of unbranched alkanes of at least 4 members (excludes halogenated alkanes) is 28. The van der Waals surface area contributed by atoms with Crippen molar-refractivity contribution in [2.75, 3.05) is 49.4 Å². The van der Waals surface area contributed by atoms with Crippen molar-refractivity contribution in [2.45, 2.75) is 231 Å². The molecule has 0 spiro atoms. The van der Waals surface area contributed by atoms with Crippen molar-refractivity contribution in [2.24, 2.45) is 5.41 Å². The second-order valence-electron chi connectivity index (χ2n) is 16.9. The van der Waals surface area contributed by atoms with Gasteiger partial charge in [0.05, 0.1) is 31.8 Å². The predicted octanol–water partition coefficient (Wildman–Crippen LogP) is 12.0. The molecular formula is C49H100O12S4. The first-order valence-electron chi connectivity index (χ1n) is 25.1. The molecule has 0 unspecified atom stereocenters. The third kappa shape index (κ3) is 77.6. The van der Waals surface area contributed by atoms with Crippen LogP contribution in [0.3, 0.4) is 0 Å². The second kappa shape index (κ2) is 65.2. The maximum atomic E-state index is 10.2. The van der Waals surface area contributed by atoms with Gasteiger partial charge in [-0.3, -0.25) is 19.2 Å². The lowest BCUT2D eigenvalue weighted by atomic mass is 9.93. The minimum Gasteiger partial charge on any atom is -0.481 e. The molecule has 12 nitrogen and oxygen atoms in total. The molecule has 0 atom stereocenters. The molecule has 0 saturated heterocycles. The quantitative estimate of drug-likeness (QED) is 0.0202. The molecule has 8 N–H and O–H groups in total. The van der Waals surface area contributed by atoms with Crippen LogP contribution in [-0.2, 0) is 19.2 Å². The zero-order valence-corrected chi connectivity index (χ0v) is 44.2. The summed E-state index contributed by atoms with van der Waals surface area (Å²) in [7, 11) is 0. The number of carbonyl (C=O) groups is 4. The maximum Gasteiger partial charge on any atom is 0.303 e. The third-order valence-electron chi connectivity index (χ3n) is 10.5. The molecule has 0 aromatic carbocycles. The number of aliphatic carboxylic acids is 4. The van der Waals surface area contributed by atoms with Gasteiger partial charge in [-0.05, 0) is 74.4 Å². The van der Waals surface area contributed by atoms with Crippen molar-refractivity contribution in [3.8, 4) is 0 Å². The van der Waals surface area contributed by atoms with Crippen molar-refractivity contribution in [1.29, 1.82) is 0 Å². The Hall–Kier alpha value is -0.880. The molecule has 65 heavy (non-hydrogen) atoms. The van der Waals surface area contributed by atoms with E-state index in [1.165, 1.54) is 154 Å². The Morgan fingerprint density at radius 2 is 0.369 bits per heavy atom. The van der Waals surface area contributed by atoms with Crippen molar-refractivity contribution in [3.05, 3.63) is 0 Å². The van der Waals surface area contributed by atoms with Crippen LogP contribution in [-0.4, -0.2) is 114 Å². The van der Waals surface area contributed by atoms with Gasteiger partial charge in [-0.1, -0.05) is 154 Å². The number of aliphatic hydroxyl groups excluding tert-OH is 4. The van der Waals surface area contributed by atoms with Crippen LogP contribution in [0.15, 0.2) is 0 Å². The van der Waals surface area contributed by atoms with E-state index in [-0.39, 0.29) is 0 Å². The Morgan fingerprint density at radius 3 is 0.462 bits per heavy atom. The van der Waals surface area contributed by atoms with Crippen LogP contribution in [0, 0.1) is 5.41 Å². The van der Waals surface area contributed by atoms with E-state index in [1.807, 2.05) is 0 Å². The average Bonchev–Trinajstić information content (AvgIpc) is 3.28. The summed E-state index contributed by atoms with van der Waals surface area (Å²) in [5, 5.41) is 67.6. The van der Waals surface area contributed by atoms with E-state index in [0.29, 0.717) is 25.7 Å². The smallest absolute Gasteiger partial charge is 0.303 e. The number of thiol groups is 4. The number of rotatable bonds is 44. The molecule has 0 heterocycles. The van der Waals surface area contributed by atoms with E-state index >= 15 is 0 Å². The first kappa shape index (κ1) is 73.1. The fourth-order valence-corrected chi connectivity index (χ4v) is 6.99. The van der Waals surface area contributed by atoms with Crippen LogP contribution in [0.25, 0.3) is 0 Å². The predicted molar refractivity (Wildman–Crippen MR) is 283 cm³/mol. The van der Waals surface area contributed by atoms with Gasteiger partial charge in [0, 0.05) is 25.7 Å². The number of aliphatic hydroxyl groups is 4. The molecule has 0 radical (unpaired) electrons. The summed E-state index contributed by atoms with van der Waals surface area (Å²) in [5.74, 6) is 1.32. The van der Waals surface area contributed by atoms with Crippen LogP contribution in [0.4, 0.5) is 0 Å². The highest BCUT2D eigenvalue weighted by molar-refractivity contribution is 7.80. The number of carboxylic acids is 4. The molecular weight excluding hydrogens is 909 g/mol.